The Labute approximate surface area is 161 Å². The van der Waals surface area contributed by atoms with Crippen LogP contribution in [-0.4, -0.2) is 53.4 Å². The van der Waals surface area contributed by atoms with Crippen molar-refractivity contribution in [2.24, 2.45) is 0 Å². The Morgan fingerprint density at radius 1 is 1.44 bits per heavy atom. The highest BCUT2D eigenvalue weighted by Crippen LogP contribution is 2.40. The number of hydrogen-bond acceptors (Lipinski definition) is 9. The summed E-state index contributed by atoms with van der Waals surface area (Å²) in [5.74, 6) is 0.303. The maximum atomic E-state index is 11.9. The van der Waals surface area contributed by atoms with Gasteiger partial charge in [-0.25, -0.2) is 9.78 Å². The van der Waals surface area contributed by atoms with Crippen LogP contribution in [0.4, 0.5) is 11.8 Å². The maximum Gasteiger partial charge on any atom is 0.343 e. The zero-order valence-corrected chi connectivity index (χ0v) is 15.9. The number of nitrogens with two attached hydrogens (primary N) is 1. The van der Waals surface area contributed by atoms with Crippen LogP contribution < -0.4 is 15.4 Å². The molecule has 0 saturated carbocycles. The van der Waals surface area contributed by atoms with Gasteiger partial charge in [0.05, 0.1) is 33.1 Å². The summed E-state index contributed by atoms with van der Waals surface area (Å²) in [7, 11) is 2.79. The summed E-state index contributed by atoms with van der Waals surface area (Å²) < 4.78 is 10.2. The lowest BCUT2D eigenvalue weighted by Crippen LogP contribution is -2.24. The molecule has 0 aliphatic carbocycles. The van der Waals surface area contributed by atoms with Crippen molar-refractivity contribution in [3.8, 4) is 5.75 Å². The average Bonchev–Trinajstić information content (AvgIpc) is 3.00. The third-order valence-electron chi connectivity index (χ3n) is 4.58. The SMILES string of the molecule is COC(=O)c1cnc(CN2CC(CO)c3c(Cl)nc(N)nc32)c(C)c1OC. The Kier molecular flexibility index (Phi) is 5.33. The molecule has 0 spiro atoms. The predicted molar refractivity (Wildman–Crippen MR) is 99.2 cm³/mol. The van der Waals surface area contributed by atoms with Gasteiger partial charge < -0.3 is 25.2 Å². The molecule has 10 heteroatoms. The number of methoxy groups -OCH3 is 2. The predicted octanol–water partition coefficient (Wildman–Crippen LogP) is 1.31. The topological polar surface area (TPSA) is 124 Å². The summed E-state index contributed by atoms with van der Waals surface area (Å²) in [4.78, 5) is 26.5. The van der Waals surface area contributed by atoms with Crippen molar-refractivity contribution < 1.29 is 19.4 Å². The van der Waals surface area contributed by atoms with Crippen LogP contribution in [0, 0.1) is 6.92 Å². The third-order valence-corrected chi connectivity index (χ3v) is 4.87. The molecule has 1 aliphatic heterocycles. The van der Waals surface area contributed by atoms with Gasteiger partial charge in [-0.05, 0) is 6.92 Å². The van der Waals surface area contributed by atoms with Gasteiger partial charge in [0.25, 0.3) is 0 Å². The smallest absolute Gasteiger partial charge is 0.343 e. The van der Waals surface area contributed by atoms with E-state index in [0.29, 0.717) is 41.5 Å². The number of aliphatic hydroxyl groups excluding tert-OH is 1. The number of carbonyl (C=O) groups is 1. The second kappa shape index (κ2) is 7.53. The second-order valence-electron chi connectivity index (χ2n) is 6.14. The standard InChI is InChI=1S/C17H20ClN5O4/c1-8-11(20-4-10(13(8)26-2)16(25)27-3)6-23-5-9(7-24)12-14(18)21-17(19)22-15(12)23/h4,9,24H,5-7H2,1-3H3,(H2,19,21,22). The van der Waals surface area contributed by atoms with E-state index in [1.54, 1.807) is 0 Å². The van der Waals surface area contributed by atoms with Gasteiger partial charge in [0.15, 0.2) is 0 Å². The number of nitrogens with zero attached hydrogens (tertiary/aromatic N) is 4. The fraction of sp³-hybridized carbons (Fsp3) is 0.412. The largest absolute Gasteiger partial charge is 0.495 e. The first-order valence-corrected chi connectivity index (χ1v) is 8.58. The number of pyridine rings is 1. The molecule has 1 aliphatic rings. The molecule has 3 heterocycles. The molecule has 9 nitrogen and oxygen atoms in total. The minimum Gasteiger partial charge on any atom is -0.495 e. The molecule has 0 amide bonds. The van der Waals surface area contributed by atoms with Gasteiger partial charge in [0.2, 0.25) is 5.95 Å². The molecule has 0 saturated heterocycles. The molecule has 0 bridgehead atoms. The number of hydrogen-bond donors (Lipinski definition) is 2. The van der Waals surface area contributed by atoms with Crippen molar-refractivity contribution in [1.82, 2.24) is 15.0 Å². The number of carbonyl (C=O) groups excluding carboxylic acids is 1. The summed E-state index contributed by atoms with van der Waals surface area (Å²) in [6, 6.07) is 0. The summed E-state index contributed by atoms with van der Waals surface area (Å²) in [5, 5.41) is 9.93. The van der Waals surface area contributed by atoms with Gasteiger partial charge in [-0.1, -0.05) is 11.6 Å². The molecule has 3 N–H and O–H groups in total. The van der Waals surface area contributed by atoms with Crippen LogP contribution in [0.2, 0.25) is 5.15 Å². The monoisotopic (exact) mass is 393 g/mol. The Bertz CT molecular complexity index is 892. The van der Waals surface area contributed by atoms with Crippen molar-refractivity contribution >= 4 is 29.3 Å². The number of fused-ring (bicyclic) bond motifs is 1. The normalized spacial score (nSPS) is 15.6. The van der Waals surface area contributed by atoms with Gasteiger partial charge in [0.1, 0.15) is 22.3 Å². The van der Waals surface area contributed by atoms with E-state index in [-0.39, 0.29) is 29.2 Å². The van der Waals surface area contributed by atoms with Crippen molar-refractivity contribution in [2.75, 3.05) is 38.0 Å². The lowest BCUT2D eigenvalue weighted by molar-refractivity contribution is 0.0596. The van der Waals surface area contributed by atoms with E-state index >= 15 is 0 Å². The number of nitrogen functional groups attached to an aromatic ring is 1. The Morgan fingerprint density at radius 3 is 2.81 bits per heavy atom. The highest BCUT2D eigenvalue weighted by molar-refractivity contribution is 6.30. The van der Waals surface area contributed by atoms with Crippen LogP contribution in [0.5, 0.6) is 5.75 Å². The molecular formula is C17H20ClN5O4. The average molecular weight is 394 g/mol. The number of anilines is 2. The summed E-state index contributed by atoms with van der Waals surface area (Å²) in [6.45, 7) is 2.59. The van der Waals surface area contributed by atoms with Crippen LogP contribution in [0.3, 0.4) is 0 Å². The molecule has 2 aromatic rings. The van der Waals surface area contributed by atoms with E-state index in [9.17, 15) is 9.90 Å². The molecule has 144 valence electrons. The summed E-state index contributed by atoms with van der Waals surface area (Å²) >= 11 is 6.21. The number of ether oxygens (including phenoxy) is 2. The first-order chi connectivity index (χ1) is 12.9. The number of aliphatic hydroxyl groups is 1. The highest BCUT2D eigenvalue weighted by Gasteiger charge is 2.34. The molecule has 0 aromatic carbocycles. The Balaban J connectivity index is 1.99. The van der Waals surface area contributed by atoms with Crippen LogP contribution in [-0.2, 0) is 11.3 Å². The van der Waals surface area contributed by atoms with Crippen molar-refractivity contribution in [2.45, 2.75) is 19.4 Å². The van der Waals surface area contributed by atoms with Crippen LogP contribution in [0.15, 0.2) is 6.20 Å². The van der Waals surface area contributed by atoms with Crippen LogP contribution >= 0.6 is 11.6 Å². The van der Waals surface area contributed by atoms with Crippen LogP contribution in [0.1, 0.15) is 33.1 Å². The molecule has 1 atom stereocenters. The van der Waals surface area contributed by atoms with Gasteiger partial charge in [-0.2, -0.15) is 4.98 Å². The summed E-state index contributed by atoms with van der Waals surface area (Å²) in [6.07, 6.45) is 1.43. The maximum absolute atomic E-state index is 11.9. The number of esters is 1. The summed E-state index contributed by atoms with van der Waals surface area (Å²) in [5.41, 5.74) is 8.06. The van der Waals surface area contributed by atoms with Gasteiger partial charge in [-0.15, -0.1) is 0 Å². The van der Waals surface area contributed by atoms with Gasteiger partial charge in [0, 0.05) is 29.8 Å². The van der Waals surface area contributed by atoms with Crippen molar-refractivity contribution in [3.63, 3.8) is 0 Å². The van der Waals surface area contributed by atoms with E-state index in [0.717, 1.165) is 0 Å². The fourth-order valence-electron chi connectivity index (χ4n) is 3.26. The second-order valence-corrected chi connectivity index (χ2v) is 6.50. The molecule has 0 fully saturated rings. The van der Waals surface area contributed by atoms with Gasteiger partial charge >= 0.3 is 5.97 Å². The molecule has 3 rings (SSSR count). The molecule has 2 aromatic heterocycles. The molecule has 1 unspecified atom stereocenters. The van der Waals surface area contributed by atoms with E-state index in [2.05, 4.69) is 15.0 Å². The molecule has 0 radical (unpaired) electrons. The number of halogens is 1. The lowest BCUT2D eigenvalue weighted by atomic mass is 10.1. The third kappa shape index (κ3) is 3.35. The fourth-order valence-corrected chi connectivity index (χ4v) is 3.59. The van der Waals surface area contributed by atoms with E-state index in [1.807, 2.05) is 11.8 Å². The van der Waals surface area contributed by atoms with E-state index in [1.165, 1.54) is 20.4 Å². The highest BCUT2D eigenvalue weighted by atomic mass is 35.5. The van der Waals surface area contributed by atoms with Crippen molar-refractivity contribution in [1.29, 1.82) is 0 Å². The Hall–Kier alpha value is -2.65. The minimum absolute atomic E-state index is 0.0608. The number of aromatic nitrogens is 3. The number of rotatable bonds is 5. The minimum atomic E-state index is -0.520. The molecule has 27 heavy (non-hydrogen) atoms. The van der Waals surface area contributed by atoms with E-state index < -0.39 is 5.97 Å². The quantitative estimate of drug-likeness (QED) is 0.571. The Morgan fingerprint density at radius 2 is 2.19 bits per heavy atom. The zero-order chi connectivity index (χ0) is 19.7. The van der Waals surface area contributed by atoms with E-state index in [4.69, 9.17) is 26.8 Å². The first-order valence-electron chi connectivity index (χ1n) is 8.20. The zero-order valence-electron chi connectivity index (χ0n) is 15.2. The van der Waals surface area contributed by atoms with Gasteiger partial charge in [-0.3, -0.25) is 4.98 Å². The first kappa shape index (κ1) is 19.1. The lowest BCUT2D eigenvalue weighted by Gasteiger charge is -2.21. The van der Waals surface area contributed by atoms with Crippen molar-refractivity contribution in [3.05, 3.63) is 33.7 Å². The van der Waals surface area contributed by atoms with Crippen LogP contribution in [0.25, 0.3) is 0 Å². The molecular weight excluding hydrogens is 374 g/mol.